The number of hydrogen-bond donors (Lipinski definition) is 2. The van der Waals surface area contributed by atoms with E-state index in [2.05, 4.69) is 0 Å². The summed E-state index contributed by atoms with van der Waals surface area (Å²) in [6.07, 6.45) is -10.8. The highest BCUT2D eigenvalue weighted by atomic mass is 32.1. The van der Waals surface area contributed by atoms with Crippen molar-refractivity contribution in [2.24, 2.45) is 0 Å². The number of benzene rings is 2. The molecule has 3 aromatic rings. The second-order valence-electron chi connectivity index (χ2n) is 7.44. The van der Waals surface area contributed by atoms with Gasteiger partial charge in [0.15, 0.2) is 0 Å². The Kier molecular flexibility index (Phi) is 6.74. The number of hydrogen-bond acceptors (Lipinski definition) is 3. The van der Waals surface area contributed by atoms with E-state index >= 15 is 0 Å². The van der Waals surface area contributed by atoms with E-state index < -0.39 is 23.5 Å². The zero-order valence-corrected chi connectivity index (χ0v) is 17.7. The van der Waals surface area contributed by atoms with Crippen molar-refractivity contribution in [3.8, 4) is 10.4 Å². The van der Waals surface area contributed by atoms with Gasteiger partial charge in [-0.05, 0) is 54.2 Å². The van der Waals surface area contributed by atoms with E-state index in [1.807, 2.05) is 12.1 Å². The van der Waals surface area contributed by atoms with Crippen molar-refractivity contribution >= 4 is 11.3 Å². The van der Waals surface area contributed by atoms with E-state index in [0.29, 0.717) is 12.8 Å². The molecule has 0 saturated heterocycles. The highest BCUT2D eigenvalue weighted by molar-refractivity contribution is 7.15. The minimum Gasteiger partial charge on any atom is -0.392 e. The molecule has 0 fully saturated rings. The van der Waals surface area contributed by atoms with Crippen molar-refractivity contribution in [2.75, 3.05) is 0 Å². The van der Waals surface area contributed by atoms with E-state index in [9.17, 15) is 31.4 Å². The second kappa shape index (κ2) is 8.88. The Labute approximate surface area is 184 Å². The fourth-order valence-corrected chi connectivity index (χ4v) is 4.57. The average molecular weight is 474 g/mol. The van der Waals surface area contributed by atoms with Crippen molar-refractivity contribution in [1.29, 1.82) is 0 Å². The normalized spacial score (nSPS) is 12.9. The monoisotopic (exact) mass is 474 g/mol. The molecule has 0 aliphatic heterocycles. The van der Waals surface area contributed by atoms with Crippen LogP contribution in [0.25, 0.3) is 10.4 Å². The Morgan fingerprint density at radius 2 is 1.38 bits per heavy atom. The number of aryl methyl sites for hydroxylation is 3. The topological polar surface area (TPSA) is 40.5 Å². The van der Waals surface area contributed by atoms with Crippen LogP contribution in [0.2, 0.25) is 0 Å². The third-order valence-electron chi connectivity index (χ3n) is 5.25. The van der Waals surface area contributed by atoms with Crippen LogP contribution in [0.5, 0.6) is 0 Å². The summed E-state index contributed by atoms with van der Waals surface area (Å²) in [5.74, 6) is 0. The Morgan fingerprint density at radius 1 is 0.781 bits per heavy atom. The lowest BCUT2D eigenvalue weighted by atomic mass is 9.84. The molecule has 0 radical (unpaired) electrons. The van der Waals surface area contributed by atoms with Crippen LogP contribution in [-0.4, -0.2) is 22.6 Å². The smallest absolute Gasteiger partial charge is 0.392 e. The van der Waals surface area contributed by atoms with Crippen molar-refractivity contribution in [3.63, 3.8) is 0 Å². The summed E-state index contributed by atoms with van der Waals surface area (Å²) in [7, 11) is 0. The minimum absolute atomic E-state index is 0.0738. The predicted octanol–water partition coefficient (Wildman–Crippen LogP) is 6.31. The quantitative estimate of drug-likeness (QED) is 0.411. The Hall–Kier alpha value is -2.36. The zero-order valence-electron chi connectivity index (χ0n) is 16.9. The molecule has 0 amide bonds. The lowest BCUT2D eigenvalue weighted by molar-refractivity contribution is -0.376. The lowest BCUT2D eigenvalue weighted by Crippen LogP contribution is -2.54. The first kappa shape index (κ1) is 24.3. The van der Waals surface area contributed by atoms with Gasteiger partial charge >= 0.3 is 12.4 Å². The van der Waals surface area contributed by atoms with Crippen LogP contribution in [0.3, 0.4) is 0 Å². The maximum Gasteiger partial charge on any atom is 0.430 e. The fraction of sp³-hybridized carbons (Fsp3) is 0.304. The lowest BCUT2D eigenvalue weighted by Gasteiger charge is -2.35. The molecule has 3 rings (SSSR count). The molecule has 0 unspecified atom stereocenters. The van der Waals surface area contributed by atoms with Gasteiger partial charge in [-0.1, -0.05) is 42.5 Å². The van der Waals surface area contributed by atoms with Gasteiger partial charge in [-0.2, -0.15) is 26.3 Å². The van der Waals surface area contributed by atoms with Crippen LogP contribution in [0, 0.1) is 6.92 Å². The maximum absolute atomic E-state index is 13.5. The molecule has 0 spiro atoms. The van der Waals surface area contributed by atoms with Crippen LogP contribution in [0.15, 0.2) is 54.6 Å². The van der Waals surface area contributed by atoms with E-state index in [1.165, 1.54) is 12.1 Å². The third-order valence-corrected chi connectivity index (χ3v) is 6.43. The second-order valence-corrected chi connectivity index (χ2v) is 8.61. The number of rotatable bonds is 6. The zero-order chi connectivity index (χ0) is 23.7. The maximum atomic E-state index is 13.5. The highest BCUT2D eigenvalue weighted by Gasteiger charge is 2.72. The van der Waals surface area contributed by atoms with Crippen LogP contribution in [-0.2, 0) is 25.0 Å². The number of aliphatic hydroxyl groups excluding tert-OH is 1. The average Bonchev–Trinajstić information content (AvgIpc) is 3.19. The van der Waals surface area contributed by atoms with Crippen LogP contribution < -0.4 is 0 Å². The molecule has 0 saturated carbocycles. The van der Waals surface area contributed by atoms with Crippen molar-refractivity contribution in [3.05, 3.63) is 81.7 Å². The van der Waals surface area contributed by atoms with E-state index in [1.54, 1.807) is 18.2 Å². The third kappa shape index (κ3) is 4.55. The predicted molar refractivity (Wildman–Crippen MR) is 110 cm³/mol. The summed E-state index contributed by atoms with van der Waals surface area (Å²) in [6, 6.07) is 14.0. The summed E-state index contributed by atoms with van der Waals surface area (Å²) in [4.78, 5) is 0.988. The summed E-state index contributed by atoms with van der Waals surface area (Å²) in [5.41, 5.74) is -5.05. The molecule has 1 aromatic heterocycles. The number of thiophene rings is 1. The first-order chi connectivity index (χ1) is 14.9. The molecule has 0 aliphatic rings. The number of aliphatic hydroxyl groups is 2. The Morgan fingerprint density at radius 3 is 1.94 bits per heavy atom. The molecule has 172 valence electrons. The van der Waals surface area contributed by atoms with Crippen molar-refractivity contribution < 1.29 is 36.6 Å². The first-order valence-corrected chi connectivity index (χ1v) is 10.4. The summed E-state index contributed by atoms with van der Waals surface area (Å²) < 4.78 is 81.3. The van der Waals surface area contributed by atoms with E-state index in [0.717, 1.165) is 46.4 Å². The number of halogens is 6. The van der Waals surface area contributed by atoms with Gasteiger partial charge in [-0.15, -0.1) is 11.3 Å². The molecular formula is C23H20F6O2S. The van der Waals surface area contributed by atoms with Gasteiger partial charge in [0.05, 0.1) is 6.61 Å². The van der Waals surface area contributed by atoms with E-state index in [4.69, 9.17) is 5.11 Å². The van der Waals surface area contributed by atoms with Gasteiger partial charge in [0.2, 0.25) is 0 Å². The molecule has 9 heteroatoms. The molecule has 2 N–H and O–H groups in total. The van der Waals surface area contributed by atoms with Gasteiger partial charge in [0, 0.05) is 15.3 Å². The fourth-order valence-electron chi connectivity index (χ4n) is 3.53. The van der Waals surface area contributed by atoms with Crippen molar-refractivity contribution in [2.45, 2.75) is 44.3 Å². The van der Waals surface area contributed by atoms with Crippen LogP contribution in [0.4, 0.5) is 26.3 Å². The Bertz CT molecular complexity index is 1050. The van der Waals surface area contributed by atoms with E-state index in [-0.39, 0.29) is 22.6 Å². The number of alkyl halides is 6. The molecule has 0 atom stereocenters. The van der Waals surface area contributed by atoms with Gasteiger partial charge in [-0.3, -0.25) is 0 Å². The van der Waals surface area contributed by atoms with Crippen LogP contribution in [0.1, 0.15) is 27.1 Å². The van der Waals surface area contributed by atoms with Gasteiger partial charge in [-0.25, -0.2) is 0 Å². The molecule has 0 aliphatic carbocycles. The van der Waals surface area contributed by atoms with Gasteiger partial charge in [0.25, 0.3) is 5.60 Å². The van der Waals surface area contributed by atoms with Gasteiger partial charge in [0.1, 0.15) is 0 Å². The first-order valence-electron chi connectivity index (χ1n) is 9.62. The standard InChI is InChI=1S/C23H20F6O2S/c1-14-3-2-4-18(20(14)21(31,22(24,25)26)23(27,28)29)19-12-11-17(32-19)10-9-15-5-7-16(13-30)8-6-15/h2-8,11-12,30-31H,9-10,13H2,1H3. The van der Waals surface area contributed by atoms with Gasteiger partial charge < -0.3 is 10.2 Å². The van der Waals surface area contributed by atoms with Crippen molar-refractivity contribution in [1.82, 2.24) is 0 Å². The van der Waals surface area contributed by atoms with Crippen LogP contribution >= 0.6 is 11.3 Å². The summed E-state index contributed by atoms with van der Waals surface area (Å²) in [5, 5.41) is 19.1. The molecule has 2 aromatic carbocycles. The largest absolute Gasteiger partial charge is 0.430 e. The summed E-state index contributed by atoms with van der Waals surface area (Å²) >= 11 is 1.09. The molecule has 0 bridgehead atoms. The highest BCUT2D eigenvalue weighted by Crippen LogP contribution is 2.53. The summed E-state index contributed by atoms with van der Waals surface area (Å²) in [6.45, 7) is 1.04. The minimum atomic E-state index is -5.95. The SMILES string of the molecule is Cc1cccc(-c2ccc(CCc3ccc(CO)cc3)s2)c1C(O)(C(F)(F)F)C(F)(F)F. The molecular weight excluding hydrogens is 454 g/mol. The molecule has 1 heterocycles. The molecule has 32 heavy (non-hydrogen) atoms. The Balaban J connectivity index is 1.96. The molecule has 2 nitrogen and oxygen atoms in total.